The van der Waals surface area contributed by atoms with Crippen LogP contribution >= 0.6 is 0 Å². The van der Waals surface area contributed by atoms with Crippen molar-refractivity contribution in [2.45, 2.75) is 20.0 Å². The van der Waals surface area contributed by atoms with Gasteiger partial charge in [0.25, 0.3) is 0 Å². The number of alkyl halides is 3. The van der Waals surface area contributed by atoms with Crippen LogP contribution in [0.4, 0.5) is 13.2 Å². The van der Waals surface area contributed by atoms with Crippen molar-refractivity contribution in [1.29, 1.82) is 0 Å². The van der Waals surface area contributed by atoms with E-state index in [9.17, 15) is 22.8 Å². The molecule has 0 radical (unpaired) electrons. The highest BCUT2D eigenvalue weighted by atomic mass is 19.4. The summed E-state index contributed by atoms with van der Waals surface area (Å²) in [5.74, 6) is -1.94. The van der Waals surface area contributed by atoms with Crippen molar-refractivity contribution in [3.63, 3.8) is 0 Å². The van der Waals surface area contributed by atoms with Crippen LogP contribution in [0, 0.1) is 5.41 Å². The third-order valence-electron chi connectivity index (χ3n) is 3.49. The van der Waals surface area contributed by atoms with Gasteiger partial charge in [0, 0.05) is 5.56 Å². The van der Waals surface area contributed by atoms with E-state index in [2.05, 4.69) is 0 Å². The zero-order chi connectivity index (χ0) is 18.0. The molecule has 2 rings (SSSR count). The molecule has 0 heterocycles. The molecule has 0 unspecified atom stereocenters. The molecule has 0 N–H and O–H groups in total. The zero-order valence-corrected chi connectivity index (χ0v) is 13.1. The van der Waals surface area contributed by atoms with Crippen LogP contribution in [0.2, 0.25) is 0 Å². The Labute approximate surface area is 137 Å². The third kappa shape index (κ3) is 3.82. The van der Waals surface area contributed by atoms with Crippen molar-refractivity contribution in [3.8, 4) is 11.5 Å². The van der Waals surface area contributed by atoms with E-state index in [1.165, 1.54) is 24.3 Å². The molecule has 126 valence electrons. The second-order valence-corrected chi connectivity index (χ2v) is 5.72. The molecule has 0 spiro atoms. The van der Waals surface area contributed by atoms with E-state index in [-0.39, 0.29) is 5.56 Å². The average molecular weight is 336 g/mol. The van der Waals surface area contributed by atoms with E-state index in [0.717, 1.165) is 13.8 Å². The first-order valence-electron chi connectivity index (χ1n) is 7.12. The van der Waals surface area contributed by atoms with Crippen LogP contribution in [-0.2, 0) is 4.79 Å². The van der Waals surface area contributed by atoms with Gasteiger partial charge in [0.1, 0.15) is 11.5 Å². The number of rotatable bonds is 5. The fraction of sp³-hybridized carbons (Fsp3) is 0.222. The molecular formula is C18H15F3O3. The van der Waals surface area contributed by atoms with Gasteiger partial charge in [-0.3, -0.25) is 9.59 Å². The van der Waals surface area contributed by atoms with Gasteiger partial charge in [0.05, 0.1) is 5.41 Å². The normalized spacial score (nSPS) is 11.9. The number of benzene rings is 2. The second-order valence-electron chi connectivity index (χ2n) is 5.72. The lowest BCUT2D eigenvalue weighted by molar-refractivity contribution is -0.177. The highest BCUT2D eigenvalue weighted by Gasteiger charge is 2.51. The van der Waals surface area contributed by atoms with Crippen molar-refractivity contribution in [1.82, 2.24) is 0 Å². The zero-order valence-electron chi connectivity index (χ0n) is 13.1. The minimum absolute atomic E-state index is 0.0120. The van der Waals surface area contributed by atoms with E-state index in [1.807, 2.05) is 6.07 Å². The molecule has 24 heavy (non-hydrogen) atoms. The number of carbonyl (C=O) groups excluding carboxylic acids is 2. The van der Waals surface area contributed by atoms with Crippen LogP contribution in [0.25, 0.3) is 0 Å². The monoisotopic (exact) mass is 336 g/mol. The Morgan fingerprint density at radius 3 is 1.83 bits per heavy atom. The molecule has 3 nitrogen and oxygen atoms in total. The maximum Gasteiger partial charge on any atom is 0.451 e. The minimum atomic E-state index is -5.06. The van der Waals surface area contributed by atoms with Gasteiger partial charge in [-0.25, -0.2) is 0 Å². The summed E-state index contributed by atoms with van der Waals surface area (Å²) in [6.45, 7) is 1.94. The summed E-state index contributed by atoms with van der Waals surface area (Å²) >= 11 is 0. The van der Waals surface area contributed by atoms with E-state index in [4.69, 9.17) is 4.74 Å². The molecule has 0 aliphatic rings. The summed E-state index contributed by atoms with van der Waals surface area (Å²) in [5, 5.41) is 0. The lowest BCUT2D eigenvalue weighted by Crippen LogP contribution is -2.42. The van der Waals surface area contributed by atoms with E-state index in [0.29, 0.717) is 11.5 Å². The van der Waals surface area contributed by atoms with Gasteiger partial charge in [-0.15, -0.1) is 0 Å². The molecule has 0 aromatic heterocycles. The predicted molar refractivity (Wildman–Crippen MR) is 82.1 cm³/mol. The number of hydrogen-bond acceptors (Lipinski definition) is 3. The maximum absolute atomic E-state index is 12.6. The lowest BCUT2D eigenvalue weighted by Gasteiger charge is -2.22. The first-order chi connectivity index (χ1) is 11.1. The van der Waals surface area contributed by atoms with Crippen molar-refractivity contribution >= 4 is 11.6 Å². The van der Waals surface area contributed by atoms with Gasteiger partial charge >= 0.3 is 6.18 Å². The van der Waals surface area contributed by atoms with E-state index in [1.54, 1.807) is 24.3 Å². The van der Waals surface area contributed by atoms with Crippen LogP contribution in [0.15, 0.2) is 54.6 Å². The summed E-state index contributed by atoms with van der Waals surface area (Å²) in [6, 6.07) is 14.5. The number of carbonyl (C=O) groups is 2. The lowest BCUT2D eigenvalue weighted by atomic mass is 9.80. The van der Waals surface area contributed by atoms with Gasteiger partial charge in [-0.2, -0.15) is 13.2 Å². The fourth-order valence-corrected chi connectivity index (χ4v) is 2.12. The van der Waals surface area contributed by atoms with Crippen molar-refractivity contribution in [2.75, 3.05) is 0 Å². The largest absolute Gasteiger partial charge is 0.457 e. The average Bonchev–Trinajstić information content (AvgIpc) is 2.54. The Kier molecular flexibility index (Phi) is 4.78. The van der Waals surface area contributed by atoms with Crippen LogP contribution in [-0.4, -0.2) is 17.7 Å². The number of ether oxygens (including phenoxy) is 1. The third-order valence-corrected chi connectivity index (χ3v) is 3.49. The molecule has 0 saturated heterocycles. The van der Waals surface area contributed by atoms with Crippen molar-refractivity contribution < 1.29 is 27.5 Å². The number of Topliss-reactive ketones (excluding diaryl/α,β-unsaturated/α-hetero) is 2. The molecule has 0 aliphatic heterocycles. The van der Waals surface area contributed by atoms with Crippen LogP contribution in [0.1, 0.15) is 24.2 Å². The smallest absolute Gasteiger partial charge is 0.451 e. The summed E-state index contributed by atoms with van der Waals surface area (Å²) in [7, 11) is 0. The molecule has 0 fully saturated rings. The molecular weight excluding hydrogens is 321 g/mol. The van der Waals surface area contributed by atoms with E-state index >= 15 is 0 Å². The molecule has 0 saturated carbocycles. The summed E-state index contributed by atoms with van der Waals surface area (Å²) in [4.78, 5) is 23.7. The predicted octanol–water partition coefficient (Wildman–Crippen LogP) is 4.82. The first-order valence-corrected chi connectivity index (χ1v) is 7.12. The topological polar surface area (TPSA) is 43.4 Å². The Balaban J connectivity index is 2.18. The van der Waals surface area contributed by atoms with Crippen molar-refractivity contribution in [3.05, 3.63) is 60.2 Å². The highest BCUT2D eigenvalue weighted by molar-refractivity contribution is 6.15. The van der Waals surface area contributed by atoms with Gasteiger partial charge in [0.15, 0.2) is 5.78 Å². The Morgan fingerprint density at radius 2 is 1.33 bits per heavy atom. The summed E-state index contributed by atoms with van der Waals surface area (Å²) < 4.78 is 43.4. The quantitative estimate of drug-likeness (QED) is 0.581. The maximum atomic E-state index is 12.6. The molecule has 6 heteroatoms. The highest BCUT2D eigenvalue weighted by Crippen LogP contribution is 2.32. The SMILES string of the molecule is CC(C)(C(=O)c1ccc(Oc2ccccc2)cc1)C(=O)C(F)(F)F. The van der Waals surface area contributed by atoms with Gasteiger partial charge in [-0.1, -0.05) is 18.2 Å². The fourth-order valence-electron chi connectivity index (χ4n) is 2.12. The molecule has 0 amide bonds. The Bertz CT molecular complexity index is 732. The van der Waals surface area contributed by atoms with Gasteiger partial charge < -0.3 is 4.74 Å². The second kappa shape index (κ2) is 6.47. The number of para-hydroxylation sites is 1. The Hall–Kier alpha value is -2.63. The molecule has 2 aromatic carbocycles. The van der Waals surface area contributed by atoms with Crippen molar-refractivity contribution in [2.24, 2.45) is 5.41 Å². The first kappa shape index (κ1) is 17.7. The summed E-state index contributed by atoms with van der Waals surface area (Å²) in [5.41, 5.74) is -2.17. The molecule has 0 bridgehead atoms. The van der Waals surface area contributed by atoms with Crippen LogP contribution in [0.3, 0.4) is 0 Å². The van der Waals surface area contributed by atoms with E-state index < -0.39 is 23.2 Å². The standard InChI is InChI=1S/C18H15F3O3/c1-17(2,16(23)18(19,20)21)15(22)12-8-10-14(11-9-12)24-13-6-4-3-5-7-13/h3-11H,1-2H3. The molecule has 0 atom stereocenters. The number of halogens is 3. The number of ketones is 2. The minimum Gasteiger partial charge on any atom is -0.457 e. The summed E-state index contributed by atoms with van der Waals surface area (Å²) in [6.07, 6.45) is -5.06. The molecule has 0 aliphatic carbocycles. The van der Waals surface area contributed by atoms with Gasteiger partial charge in [-0.05, 0) is 50.2 Å². The van der Waals surface area contributed by atoms with Crippen LogP contribution < -0.4 is 4.74 Å². The van der Waals surface area contributed by atoms with Gasteiger partial charge in [0.2, 0.25) is 5.78 Å². The molecule has 2 aromatic rings. The van der Waals surface area contributed by atoms with Crippen LogP contribution in [0.5, 0.6) is 11.5 Å². The number of hydrogen-bond donors (Lipinski definition) is 0. The Morgan fingerprint density at radius 1 is 0.833 bits per heavy atom.